The Kier molecular flexibility index (Phi) is 8.02. The summed E-state index contributed by atoms with van der Waals surface area (Å²) in [5.74, 6) is -1.57. The molecule has 1 aliphatic rings. The highest BCUT2D eigenvalue weighted by Gasteiger charge is 2.22. The van der Waals surface area contributed by atoms with E-state index in [-0.39, 0.29) is 12.2 Å². The molecule has 1 aliphatic heterocycles. The van der Waals surface area contributed by atoms with E-state index in [0.29, 0.717) is 22.8 Å². The number of nitrogens with zero attached hydrogens (tertiary/aromatic N) is 3. The average molecular weight is 484 g/mol. The van der Waals surface area contributed by atoms with Crippen molar-refractivity contribution in [2.75, 3.05) is 26.4 Å². The van der Waals surface area contributed by atoms with Gasteiger partial charge in [0.05, 0.1) is 0 Å². The third-order valence-corrected chi connectivity index (χ3v) is 6.38. The van der Waals surface area contributed by atoms with E-state index in [2.05, 4.69) is 10.1 Å². The second-order valence-electron chi connectivity index (χ2n) is 8.69. The van der Waals surface area contributed by atoms with Crippen molar-refractivity contribution in [3.05, 3.63) is 105 Å². The molecule has 0 N–H and O–H groups in total. The number of rotatable bonds is 8. The largest absolute Gasteiger partial charge is 0.392 e. The first kappa shape index (κ1) is 24.7. The van der Waals surface area contributed by atoms with Gasteiger partial charge >= 0.3 is 0 Å². The van der Waals surface area contributed by atoms with Crippen LogP contribution >= 0.6 is 0 Å². The van der Waals surface area contributed by atoms with Crippen LogP contribution in [0.3, 0.4) is 0 Å². The van der Waals surface area contributed by atoms with Crippen LogP contribution in [0, 0.1) is 11.6 Å². The second kappa shape index (κ2) is 11.4. The molecule has 1 fully saturated rings. The van der Waals surface area contributed by atoms with E-state index < -0.39 is 18.3 Å². The first-order valence-electron chi connectivity index (χ1n) is 11.6. The molecule has 35 heavy (non-hydrogen) atoms. The van der Waals surface area contributed by atoms with Gasteiger partial charge in [-0.3, -0.25) is 9.69 Å². The zero-order chi connectivity index (χ0) is 24.8. The maximum Gasteiger partial charge on any atom is 0.250 e. The molecule has 8 heteroatoms. The Bertz CT molecular complexity index is 1230. The number of oxime groups is 1. The van der Waals surface area contributed by atoms with Gasteiger partial charge in [-0.1, -0.05) is 35.5 Å². The maximum absolute atomic E-state index is 13.8. The lowest BCUT2D eigenvalue weighted by Crippen LogP contribution is -2.34. The molecule has 1 aromatic heterocycles. The topological polar surface area (TPSA) is 46.8 Å². The number of hydrogen-bond acceptors (Lipinski definition) is 4. The van der Waals surface area contributed by atoms with Crippen LogP contribution in [0.1, 0.15) is 41.1 Å². The molecule has 2 aromatic carbocycles. The molecule has 0 aliphatic carbocycles. The summed E-state index contributed by atoms with van der Waals surface area (Å²) in [6.07, 6.45) is 1.96. The van der Waals surface area contributed by atoms with Crippen LogP contribution in [-0.4, -0.2) is 41.5 Å². The van der Waals surface area contributed by atoms with Crippen LogP contribution in [0.4, 0.5) is 13.2 Å². The highest BCUT2D eigenvalue weighted by atomic mass is 19.2. The van der Waals surface area contributed by atoms with Gasteiger partial charge in [0.25, 0.3) is 0 Å². The molecule has 3 aromatic rings. The molecule has 0 unspecified atom stereocenters. The van der Waals surface area contributed by atoms with E-state index in [1.807, 2.05) is 43.4 Å². The fourth-order valence-electron chi connectivity index (χ4n) is 4.46. The van der Waals surface area contributed by atoms with E-state index in [1.54, 1.807) is 10.6 Å². The number of aromatic nitrogens is 1. The lowest BCUT2D eigenvalue weighted by molar-refractivity contribution is 0.128. The van der Waals surface area contributed by atoms with Gasteiger partial charge in [-0.2, -0.15) is 0 Å². The number of halogens is 3. The molecule has 0 atom stereocenters. The van der Waals surface area contributed by atoms with Gasteiger partial charge in [0.15, 0.2) is 11.6 Å². The first-order chi connectivity index (χ1) is 17.0. The van der Waals surface area contributed by atoms with Crippen molar-refractivity contribution in [3.63, 3.8) is 0 Å². The number of pyridine rings is 1. The predicted octanol–water partition coefficient (Wildman–Crippen LogP) is 4.78. The minimum atomic E-state index is -0.990. The van der Waals surface area contributed by atoms with Gasteiger partial charge in [-0.25, -0.2) is 13.2 Å². The number of hydrogen-bond donors (Lipinski definition) is 0. The Morgan fingerprint density at radius 1 is 1.00 bits per heavy atom. The van der Waals surface area contributed by atoms with Crippen molar-refractivity contribution in [3.8, 4) is 0 Å². The molecular formula is C27H28F3N3O2. The van der Waals surface area contributed by atoms with E-state index in [4.69, 9.17) is 4.84 Å². The third-order valence-electron chi connectivity index (χ3n) is 6.38. The van der Waals surface area contributed by atoms with Gasteiger partial charge in [-0.05, 0) is 55.8 Å². The van der Waals surface area contributed by atoms with Gasteiger partial charge in [0.1, 0.15) is 19.0 Å². The fraction of sp³-hybridized carbons (Fsp3) is 0.333. The highest BCUT2D eigenvalue weighted by Crippen LogP contribution is 2.28. The van der Waals surface area contributed by atoms with Crippen LogP contribution in [-0.2, 0) is 18.4 Å². The first-order valence-corrected chi connectivity index (χ1v) is 11.6. The van der Waals surface area contributed by atoms with Crippen molar-refractivity contribution in [1.82, 2.24) is 9.47 Å². The second-order valence-corrected chi connectivity index (χ2v) is 8.69. The summed E-state index contributed by atoms with van der Waals surface area (Å²) in [6.45, 7) is 1.70. The number of likely N-dealkylation sites (tertiary alicyclic amines) is 1. The number of alkyl halides is 1. The third kappa shape index (κ3) is 6.00. The summed E-state index contributed by atoms with van der Waals surface area (Å²) in [4.78, 5) is 19.3. The zero-order valence-corrected chi connectivity index (χ0v) is 19.6. The van der Waals surface area contributed by atoms with Crippen molar-refractivity contribution in [2.24, 2.45) is 12.2 Å². The minimum absolute atomic E-state index is 0.0198. The Morgan fingerprint density at radius 2 is 1.71 bits per heavy atom. The van der Waals surface area contributed by atoms with Gasteiger partial charge in [-0.15, -0.1) is 0 Å². The zero-order valence-electron chi connectivity index (χ0n) is 19.6. The van der Waals surface area contributed by atoms with Gasteiger partial charge < -0.3 is 9.40 Å². The van der Waals surface area contributed by atoms with E-state index >= 15 is 0 Å². The van der Waals surface area contributed by atoms with Gasteiger partial charge in [0.2, 0.25) is 5.56 Å². The normalized spacial score (nSPS) is 15.4. The van der Waals surface area contributed by atoms with E-state index in [0.717, 1.165) is 55.9 Å². The number of benzene rings is 2. The standard InChI is InChI=1S/C27H28F3N3O2/c1-32-25(3-2-4-26(32)34)20-11-14-33(15-12-20)18-19-5-7-21(8-6-19)27(31-35-16-13-28)22-9-10-23(29)24(30)17-22/h2-10,17,20H,11-16,18H2,1H3. The van der Waals surface area contributed by atoms with E-state index in [9.17, 15) is 18.0 Å². The Morgan fingerprint density at radius 3 is 2.40 bits per heavy atom. The molecule has 0 radical (unpaired) electrons. The van der Waals surface area contributed by atoms with Crippen LogP contribution in [0.5, 0.6) is 0 Å². The van der Waals surface area contributed by atoms with Crippen molar-refractivity contribution in [1.29, 1.82) is 0 Å². The van der Waals surface area contributed by atoms with Crippen LogP contribution in [0.25, 0.3) is 0 Å². The summed E-state index contributed by atoms with van der Waals surface area (Å²) in [5, 5.41) is 3.97. The van der Waals surface area contributed by atoms with Crippen molar-refractivity contribution in [2.45, 2.75) is 25.3 Å². The quantitative estimate of drug-likeness (QED) is 0.263. The molecule has 2 heterocycles. The molecule has 0 saturated carbocycles. The monoisotopic (exact) mass is 483 g/mol. The molecule has 5 nitrogen and oxygen atoms in total. The molecule has 0 bridgehead atoms. The highest BCUT2D eigenvalue weighted by molar-refractivity contribution is 6.12. The smallest absolute Gasteiger partial charge is 0.250 e. The molecule has 4 rings (SSSR count). The van der Waals surface area contributed by atoms with Gasteiger partial charge in [0, 0.05) is 42.4 Å². The lowest BCUT2D eigenvalue weighted by Gasteiger charge is -2.32. The summed E-state index contributed by atoms with van der Waals surface area (Å²) in [5.41, 5.74) is 3.51. The summed E-state index contributed by atoms with van der Waals surface area (Å²) in [7, 11) is 1.83. The summed E-state index contributed by atoms with van der Waals surface area (Å²) >= 11 is 0. The number of piperidine rings is 1. The maximum atomic E-state index is 13.8. The molecule has 184 valence electrons. The molecular weight excluding hydrogens is 455 g/mol. The Labute approximate surface area is 202 Å². The Hall–Kier alpha value is -3.39. The van der Waals surface area contributed by atoms with E-state index in [1.165, 1.54) is 6.07 Å². The van der Waals surface area contributed by atoms with Crippen LogP contribution in [0.15, 0.2) is 70.6 Å². The van der Waals surface area contributed by atoms with Crippen LogP contribution in [0.2, 0.25) is 0 Å². The average Bonchev–Trinajstić information content (AvgIpc) is 2.87. The molecule has 0 amide bonds. The Balaban J connectivity index is 1.43. The van der Waals surface area contributed by atoms with Crippen LogP contribution < -0.4 is 5.56 Å². The van der Waals surface area contributed by atoms with Crippen molar-refractivity contribution < 1.29 is 18.0 Å². The molecule has 0 spiro atoms. The lowest BCUT2D eigenvalue weighted by atomic mass is 9.92. The minimum Gasteiger partial charge on any atom is -0.392 e. The SMILES string of the molecule is Cn1c(C2CCN(Cc3ccc(C(=NOCCF)c4ccc(F)c(F)c4)cc3)CC2)cccc1=O. The summed E-state index contributed by atoms with van der Waals surface area (Å²) in [6, 6.07) is 16.6. The van der Waals surface area contributed by atoms with Crippen molar-refractivity contribution >= 4 is 5.71 Å². The predicted molar refractivity (Wildman–Crippen MR) is 129 cm³/mol. The fourth-order valence-corrected chi connectivity index (χ4v) is 4.46. The molecule has 1 saturated heterocycles. The summed E-state index contributed by atoms with van der Waals surface area (Å²) < 4.78 is 41.4.